The molecule has 0 spiro atoms. The van der Waals surface area contributed by atoms with Gasteiger partial charge in [0, 0.05) is 13.1 Å². The zero-order chi connectivity index (χ0) is 20.4. The molecule has 2 amide bonds. The third-order valence-electron chi connectivity index (χ3n) is 4.54. The van der Waals surface area contributed by atoms with E-state index < -0.39 is 6.04 Å². The molecule has 0 radical (unpaired) electrons. The van der Waals surface area contributed by atoms with E-state index in [4.69, 9.17) is 4.74 Å². The summed E-state index contributed by atoms with van der Waals surface area (Å²) in [5.74, 6) is 0.268. The maximum absolute atomic E-state index is 12.9. The van der Waals surface area contributed by atoms with E-state index in [-0.39, 0.29) is 18.4 Å². The Morgan fingerprint density at radius 3 is 2.54 bits per heavy atom. The second-order valence-electron chi connectivity index (χ2n) is 6.93. The minimum Gasteiger partial charge on any atom is -0.484 e. The first-order valence-corrected chi connectivity index (χ1v) is 9.81. The lowest BCUT2D eigenvalue weighted by Crippen LogP contribution is -2.49. The number of carbonyl (C=O) groups is 2. The van der Waals surface area contributed by atoms with Gasteiger partial charge in [-0.1, -0.05) is 61.4 Å². The lowest BCUT2D eigenvalue weighted by Gasteiger charge is -2.29. The summed E-state index contributed by atoms with van der Waals surface area (Å²) in [4.78, 5) is 27.0. The van der Waals surface area contributed by atoms with Gasteiger partial charge in [-0.3, -0.25) is 9.59 Å². The molecule has 0 aliphatic rings. The highest BCUT2D eigenvalue weighted by molar-refractivity contribution is 5.87. The Labute approximate surface area is 167 Å². The molecule has 0 saturated carbocycles. The molecule has 0 aliphatic heterocycles. The van der Waals surface area contributed by atoms with Crippen LogP contribution in [0.25, 0.3) is 0 Å². The third-order valence-corrected chi connectivity index (χ3v) is 4.54. The second kappa shape index (κ2) is 11.1. The zero-order valence-electron chi connectivity index (χ0n) is 17.0. The molecule has 5 heteroatoms. The smallest absolute Gasteiger partial charge is 0.261 e. The normalized spacial score (nSPS) is 11.5. The Bertz CT molecular complexity index is 761. The molecule has 5 nitrogen and oxygen atoms in total. The van der Waals surface area contributed by atoms with E-state index in [9.17, 15) is 9.59 Å². The van der Waals surface area contributed by atoms with Gasteiger partial charge in [-0.2, -0.15) is 0 Å². The first-order chi connectivity index (χ1) is 13.5. The summed E-state index contributed by atoms with van der Waals surface area (Å²) in [6.07, 6.45) is 1.92. The van der Waals surface area contributed by atoms with E-state index in [2.05, 4.69) is 12.2 Å². The summed E-state index contributed by atoms with van der Waals surface area (Å²) in [6, 6.07) is 16.6. The molecular weight excluding hydrogens is 352 g/mol. The molecule has 2 aromatic rings. The van der Waals surface area contributed by atoms with Crippen molar-refractivity contribution in [3.8, 4) is 5.75 Å². The van der Waals surface area contributed by atoms with Crippen molar-refractivity contribution in [2.45, 2.75) is 46.2 Å². The van der Waals surface area contributed by atoms with Gasteiger partial charge in [-0.25, -0.2) is 0 Å². The van der Waals surface area contributed by atoms with Gasteiger partial charge in [0.05, 0.1) is 0 Å². The molecule has 1 atom stereocenters. The lowest BCUT2D eigenvalue weighted by molar-refractivity contribution is -0.142. The van der Waals surface area contributed by atoms with E-state index in [1.54, 1.807) is 24.0 Å². The Morgan fingerprint density at radius 1 is 1.11 bits per heavy atom. The molecule has 2 rings (SSSR count). The van der Waals surface area contributed by atoms with Crippen molar-refractivity contribution in [1.82, 2.24) is 10.2 Å². The van der Waals surface area contributed by atoms with Gasteiger partial charge in [0.15, 0.2) is 6.61 Å². The number of rotatable bonds is 10. The minimum absolute atomic E-state index is 0.109. The number of para-hydroxylation sites is 1. The summed E-state index contributed by atoms with van der Waals surface area (Å²) in [5, 5.41) is 2.92. The van der Waals surface area contributed by atoms with Crippen LogP contribution in [0.3, 0.4) is 0 Å². The van der Waals surface area contributed by atoms with Crippen molar-refractivity contribution in [2.75, 3.05) is 13.2 Å². The average molecular weight is 383 g/mol. The van der Waals surface area contributed by atoms with E-state index in [1.165, 1.54) is 0 Å². The molecule has 1 unspecified atom stereocenters. The van der Waals surface area contributed by atoms with Crippen molar-refractivity contribution >= 4 is 11.8 Å². The van der Waals surface area contributed by atoms with Crippen LogP contribution in [0, 0.1) is 6.92 Å². The number of aryl methyl sites for hydroxylation is 1. The van der Waals surface area contributed by atoms with Crippen molar-refractivity contribution in [1.29, 1.82) is 0 Å². The number of benzene rings is 2. The molecule has 0 aliphatic carbocycles. The largest absolute Gasteiger partial charge is 0.484 e. The molecule has 0 heterocycles. The molecule has 0 fully saturated rings. The van der Waals surface area contributed by atoms with Gasteiger partial charge in [0.2, 0.25) is 5.91 Å². The molecule has 1 N–H and O–H groups in total. The van der Waals surface area contributed by atoms with Crippen LogP contribution in [-0.2, 0) is 16.1 Å². The quantitative estimate of drug-likeness (QED) is 0.637. The number of unbranched alkanes of at least 4 members (excludes halogenated alkanes) is 1. The van der Waals surface area contributed by atoms with Crippen LogP contribution in [0.2, 0.25) is 0 Å². The van der Waals surface area contributed by atoms with Crippen molar-refractivity contribution in [3.05, 3.63) is 65.7 Å². The fourth-order valence-electron chi connectivity index (χ4n) is 2.87. The van der Waals surface area contributed by atoms with Crippen molar-refractivity contribution < 1.29 is 14.3 Å². The van der Waals surface area contributed by atoms with Gasteiger partial charge < -0.3 is 15.0 Å². The predicted octanol–water partition coefficient (Wildman–Crippen LogP) is 3.71. The number of amides is 2. The number of nitrogens with zero attached hydrogens (tertiary/aromatic N) is 1. The summed E-state index contributed by atoms with van der Waals surface area (Å²) >= 11 is 0. The lowest BCUT2D eigenvalue weighted by atomic mass is 10.1. The maximum Gasteiger partial charge on any atom is 0.261 e. The minimum atomic E-state index is -0.579. The van der Waals surface area contributed by atoms with E-state index in [0.29, 0.717) is 18.8 Å². The molecule has 0 bridgehead atoms. The zero-order valence-corrected chi connectivity index (χ0v) is 17.0. The Kier molecular flexibility index (Phi) is 8.53. The highest BCUT2D eigenvalue weighted by atomic mass is 16.5. The van der Waals surface area contributed by atoms with Gasteiger partial charge in [-0.15, -0.1) is 0 Å². The van der Waals surface area contributed by atoms with E-state index >= 15 is 0 Å². The first-order valence-electron chi connectivity index (χ1n) is 9.81. The van der Waals surface area contributed by atoms with Crippen LogP contribution in [-0.4, -0.2) is 35.9 Å². The Morgan fingerprint density at radius 2 is 1.86 bits per heavy atom. The van der Waals surface area contributed by atoms with Crippen LogP contribution in [0.5, 0.6) is 5.75 Å². The standard InChI is InChI=1S/C23H30N2O3/c1-4-5-14-24-23(27)19(3)25(16-20-11-9-10-18(2)15-20)22(26)17-28-21-12-7-6-8-13-21/h6-13,15,19H,4-5,14,16-17H2,1-3H3,(H,24,27). The SMILES string of the molecule is CCCCNC(=O)C(C)N(Cc1cccc(C)c1)C(=O)COc1ccccc1. The molecular formula is C23H30N2O3. The van der Waals surface area contributed by atoms with Crippen LogP contribution in [0.1, 0.15) is 37.8 Å². The number of carbonyl (C=O) groups excluding carboxylic acids is 2. The number of hydrogen-bond acceptors (Lipinski definition) is 3. The molecule has 28 heavy (non-hydrogen) atoms. The van der Waals surface area contributed by atoms with E-state index in [0.717, 1.165) is 24.0 Å². The molecule has 0 saturated heterocycles. The van der Waals surface area contributed by atoms with Gasteiger partial charge in [0.25, 0.3) is 5.91 Å². The topological polar surface area (TPSA) is 58.6 Å². The highest BCUT2D eigenvalue weighted by Gasteiger charge is 2.26. The van der Waals surface area contributed by atoms with Crippen molar-refractivity contribution in [2.24, 2.45) is 0 Å². The highest BCUT2D eigenvalue weighted by Crippen LogP contribution is 2.13. The summed E-state index contributed by atoms with van der Waals surface area (Å²) in [5.41, 5.74) is 2.10. The molecule has 150 valence electrons. The van der Waals surface area contributed by atoms with E-state index in [1.807, 2.05) is 49.4 Å². The summed E-state index contributed by atoms with van der Waals surface area (Å²) < 4.78 is 5.62. The number of ether oxygens (including phenoxy) is 1. The first kappa shape index (κ1) is 21.5. The predicted molar refractivity (Wildman–Crippen MR) is 111 cm³/mol. The third kappa shape index (κ3) is 6.72. The maximum atomic E-state index is 12.9. The fraction of sp³-hybridized carbons (Fsp3) is 0.391. The van der Waals surface area contributed by atoms with Crippen LogP contribution in [0.15, 0.2) is 54.6 Å². The van der Waals surface area contributed by atoms with Gasteiger partial charge >= 0.3 is 0 Å². The second-order valence-corrected chi connectivity index (χ2v) is 6.93. The number of hydrogen-bond donors (Lipinski definition) is 1. The van der Waals surface area contributed by atoms with Gasteiger partial charge in [-0.05, 0) is 38.0 Å². The monoisotopic (exact) mass is 382 g/mol. The van der Waals surface area contributed by atoms with Crippen LogP contribution < -0.4 is 10.1 Å². The Hall–Kier alpha value is -2.82. The van der Waals surface area contributed by atoms with Gasteiger partial charge in [0.1, 0.15) is 11.8 Å². The summed E-state index contributed by atoms with van der Waals surface area (Å²) in [6.45, 7) is 6.72. The Balaban J connectivity index is 2.09. The number of nitrogens with one attached hydrogen (secondary N) is 1. The van der Waals surface area contributed by atoms with Crippen molar-refractivity contribution in [3.63, 3.8) is 0 Å². The summed E-state index contributed by atoms with van der Waals surface area (Å²) in [7, 11) is 0. The van der Waals surface area contributed by atoms with Crippen LogP contribution in [0.4, 0.5) is 0 Å². The average Bonchev–Trinajstić information content (AvgIpc) is 2.70. The fourth-order valence-corrected chi connectivity index (χ4v) is 2.87. The molecule has 2 aromatic carbocycles. The molecule has 0 aromatic heterocycles. The van der Waals surface area contributed by atoms with Crippen LogP contribution >= 0.6 is 0 Å².